The van der Waals surface area contributed by atoms with Crippen LogP contribution in [0.5, 0.6) is 0 Å². The lowest BCUT2D eigenvalue weighted by Crippen LogP contribution is -2.47. The Kier molecular flexibility index (Phi) is 4.41. The number of aromatic nitrogens is 2. The normalized spacial score (nSPS) is 18.5. The lowest BCUT2D eigenvalue weighted by molar-refractivity contribution is -0.125. The average molecular weight is 350 g/mol. The summed E-state index contributed by atoms with van der Waals surface area (Å²) < 4.78 is 0. The zero-order chi connectivity index (χ0) is 18.1. The predicted molar refractivity (Wildman–Crippen MR) is 97.8 cm³/mol. The third-order valence-electron chi connectivity index (χ3n) is 5.00. The van der Waals surface area contributed by atoms with Gasteiger partial charge in [0.05, 0.1) is 0 Å². The van der Waals surface area contributed by atoms with Crippen LogP contribution in [0.1, 0.15) is 42.6 Å². The largest absolute Gasteiger partial charge is 0.354 e. The van der Waals surface area contributed by atoms with E-state index >= 15 is 0 Å². The molecule has 134 valence electrons. The number of fused-ring (bicyclic) bond motifs is 1. The zero-order valence-electron chi connectivity index (χ0n) is 14.8. The summed E-state index contributed by atoms with van der Waals surface area (Å²) in [6, 6.07) is 7.21. The van der Waals surface area contributed by atoms with Crippen molar-refractivity contribution in [2.24, 2.45) is 0 Å². The average Bonchev–Trinajstić information content (AvgIpc) is 3.41. The molecule has 0 unspecified atom stereocenters. The zero-order valence-corrected chi connectivity index (χ0v) is 14.8. The summed E-state index contributed by atoms with van der Waals surface area (Å²) in [4.78, 5) is 35.1. The lowest BCUT2D eigenvalue weighted by atomic mass is 10.1. The Balaban J connectivity index is 1.35. The Bertz CT molecular complexity index is 830. The summed E-state index contributed by atoms with van der Waals surface area (Å²) in [7, 11) is 0. The van der Waals surface area contributed by atoms with E-state index in [1.807, 2.05) is 36.7 Å². The summed E-state index contributed by atoms with van der Waals surface area (Å²) in [5, 5.41) is 2.95. The van der Waals surface area contributed by atoms with E-state index in [2.05, 4.69) is 15.3 Å². The van der Waals surface area contributed by atoms with E-state index in [9.17, 15) is 9.59 Å². The fourth-order valence-corrected chi connectivity index (χ4v) is 3.48. The van der Waals surface area contributed by atoms with Gasteiger partial charge in [0.1, 0.15) is 11.9 Å². The van der Waals surface area contributed by atoms with Crippen LogP contribution < -0.4 is 10.2 Å². The fourth-order valence-electron chi connectivity index (χ4n) is 3.48. The van der Waals surface area contributed by atoms with Gasteiger partial charge in [-0.1, -0.05) is 18.2 Å². The van der Waals surface area contributed by atoms with E-state index in [0.29, 0.717) is 25.3 Å². The highest BCUT2D eigenvalue weighted by Crippen LogP contribution is 2.37. The molecule has 1 N–H and O–H groups in total. The number of hydrogen-bond donors (Lipinski definition) is 1. The van der Waals surface area contributed by atoms with Crippen LogP contribution in [-0.4, -0.2) is 34.4 Å². The van der Waals surface area contributed by atoms with Crippen molar-refractivity contribution in [2.75, 3.05) is 11.4 Å². The number of hydrogen-bond acceptors (Lipinski definition) is 4. The van der Waals surface area contributed by atoms with E-state index in [1.54, 1.807) is 4.90 Å². The smallest absolute Gasteiger partial charge is 0.243 e. The minimum absolute atomic E-state index is 0.112. The van der Waals surface area contributed by atoms with Crippen molar-refractivity contribution >= 4 is 17.5 Å². The minimum Gasteiger partial charge on any atom is -0.354 e. The van der Waals surface area contributed by atoms with E-state index in [1.165, 1.54) is 19.8 Å². The van der Waals surface area contributed by atoms with Crippen molar-refractivity contribution in [1.82, 2.24) is 15.3 Å². The van der Waals surface area contributed by atoms with Gasteiger partial charge < -0.3 is 5.32 Å². The van der Waals surface area contributed by atoms with Crippen molar-refractivity contribution in [3.05, 3.63) is 53.6 Å². The van der Waals surface area contributed by atoms with Crippen LogP contribution in [-0.2, 0) is 22.4 Å². The maximum atomic E-state index is 12.6. The maximum Gasteiger partial charge on any atom is 0.243 e. The molecule has 0 spiro atoms. The summed E-state index contributed by atoms with van der Waals surface area (Å²) in [5.74, 6) is 1.25. The molecule has 26 heavy (non-hydrogen) atoms. The lowest BCUT2D eigenvalue weighted by Gasteiger charge is -2.23. The van der Waals surface area contributed by atoms with Crippen LogP contribution in [0.4, 0.5) is 5.69 Å². The minimum atomic E-state index is -0.474. The number of carbonyl (C=O) groups is 2. The Labute approximate surface area is 152 Å². The van der Waals surface area contributed by atoms with Crippen LogP contribution in [0.3, 0.4) is 0 Å². The molecular formula is C20H22N4O2. The molecule has 0 bridgehead atoms. The summed E-state index contributed by atoms with van der Waals surface area (Å²) >= 11 is 0. The summed E-state index contributed by atoms with van der Waals surface area (Å²) in [6.45, 7) is 2.00. The van der Waals surface area contributed by atoms with Crippen molar-refractivity contribution in [2.45, 2.75) is 44.6 Å². The van der Waals surface area contributed by atoms with Crippen LogP contribution >= 0.6 is 0 Å². The number of amides is 2. The van der Waals surface area contributed by atoms with Gasteiger partial charge in [0.15, 0.2) is 0 Å². The number of benzene rings is 1. The number of rotatable bonds is 5. The molecule has 1 saturated carbocycles. The van der Waals surface area contributed by atoms with Crippen molar-refractivity contribution in [1.29, 1.82) is 0 Å². The van der Waals surface area contributed by atoms with E-state index in [0.717, 1.165) is 22.6 Å². The molecule has 1 aromatic heterocycles. The number of nitrogens with zero attached hydrogens (tertiary/aromatic N) is 3. The first-order valence-corrected chi connectivity index (χ1v) is 9.09. The molecule has 6 nitrogen and oxygen atoms in total. The van der Waals surface area contributed by atoms with Gasteiger partial charge in [0, 0.05) is 43.9 Å². The monoisotopic (exact) mass is 350 g/mol. The first-order chi connectivity index (χ1) is 12.6. The van der Waals surface area contributed by atoms with Crippen LogP contribution in [0.2, 0.25) is 0 Å². The fraction of sp³-hybridized carbons (Fsp3) is 0.400. The van der Waals surface area contributed by atoms with Crippen molar-refractivity contribution < 1.29 is 9.59 Å². The molecule has 4 rings (SSSR count). The Hall–Kier alpha value is -2.76. The highest BCUT2D eigenvalue weighted by atomic mass is 16.2. The number of para-hydroxylation sites is 1. The van der Waals surface area contributed by atoms with E-state index in [-0.39, 0.29) is 11.8 Å². The van der Waals surface area contributed by atoms with E-state index < -0.39 is 6.04 Å². The number of anilines is 1. The SMILES string of the molecule is CC(=O)N1c2ccccc2C[C@H]1C(=O)NCCc1cnc(C2CC2)nc1. The standard InChI is InChI=1S/C20H22N4O2/c1-13(25)24-17-5-3-2-4-16(17)10-18(24)20(26)21-9-8-14-11-22-19(23-12-14)15-6-7-15/h2-5,11-12,15,18H,6-10H2,1H3,(H,21,26)/t18-/m0/s1. The second kappa shape index (κ2) is 6.86. The molecule has 2 amide bonds. The highest BCUT2D eigenvalue weighted by Gasteiger charge is 2.36. The van der Waals surface area contributed by atoms with E-state index in [4.69, 9.17) is 0 Å². The first-order valence-electron chi connectivity index (χ1n) is 9.09. The van der Waals surface area contributed by atoms with Crippen LogP contribution in [0, 0.1) is 0 Å². The third-order valence-corrected chi connectivity index (χ3v) is 5.00. The molecule has 1 aliphatic heterocycles. The maximum absolute atomic E-state index is 12.6. The Morgan fingerprint density at radius 1 is 1.19 bits per heavy atom. The first kappa shape index (κ1) is 16.7. The third kappa shape index (κ3) is 3.31. The second-order valence-corrected chi connectivity index (χ2v) is 7.00. The molecule has 0 saturated heterocycles. The van der Waals surface area contributed by atoms with Gasteiger partial charge in [0.25, 0.3) is 0 Å². The number of carbonyl (C=O) groups excluding carboxylic acids is 2. The Morgan fingerprint density at radius 3 is 2.62 bits per heavy atom. The molecular weight excluding hydrogens is 328 g/mol. The Morgan fingerprint density at radius 2 is 1.92 bits per heavy atom. The summed E-state index contributed by atoms with van der Waals surface area (Å²) in [6.07, 6.45) is 7.30. The van der Waals surface area contributed by atoms with Gasteiger partial charge in [-0.15, -0.1) is 0 Å². The van der Waals surface area contributed by atoms with Gasteiger partial charge in [0.2, 0.25) is 11.8 Å². The molecule has 1 fully saturated rings. The quantitative estimate of drug-likeness (QED) is 0.895. The van der Waals surface area contributed by atoms with Gasteiger partial charge in [-0.2, -0.15) is 0 Å². The van der Waals surface area contributed by atoms with Crippen molar-refractivity contribution in [3.8, 4) is 0 Å². The molecule has 1 atom stereocenters. The predicted octanol–water partition coefficient (Wildman–Crippen LogP) is 1.99. The molecule has 0 radical (unpaired) electrons. The van der Waals surface area contributed by atoms with Crippen molar-refractivity contribution in [3.63, 3.8) is 0 Å². The molecule has 2 aromatic rings. The molecule has 1 aliphatic carbocycles. The number of nitrogens with one attached hydrogen (secondary N) is 1. The van der Waals surface area contributed by atoms with Gasteiger partial charge in [-0.05, 0) is 36.5 Å². The molecule has 6 heteroatoms. The summed E-state index contributed by atoms with van der Waals surface area (Å²) in [5.41, 5.74) is 2.88. The van der Waals surface area contributed by atoms with Gasteiger partial charge in [-0.3, -0.25) is 14.5 Å². The molecule has 2 heterocycles. The topological polar surface area (TPSA) is 75.2 Å². The second-order valence-electron chi connectivity index (χ2n) is 7.00. The van der Waals surface area contributed by atoms with Gasteiger partial charge in [-0.25, -0.2) is 9.97 Å². The molecule has 2 aliphatic rings. The highest BCUT2D eigenvalue weighted by molar-refractivity contribution is 6.02. The molecule has 1 aromatic carbocycles. The van der Waals surface area contributed by atoms with Gasteiger partial charge >= 0.3 is 0 Å². The van der Waals surface area contributed by atoms with Crippen LogP contribution in [0.15, 0.2) is 36.7 Å². The van der Waals surface area contributed by atoms with Crippen LogP contribution in [0.25, 0.3) is 0 Å².